The van der Waals surface area contributed by atoms with Gasteiger partial charge in [0.05, 0.1) is 12.4 Å². The molecule has 0 saturated heterocycles. The number of anilines is 2. The molecule has 2 aromatic rings. The molecule has 2 aromatic heterocycles. The first-order valence-corrected chi connectivity index (χ1v) is 8.74. The van der Waals surface area contributed by atoms with Gasteiger partial charge in [-0.05, 0) is 32.1 Å². The van der Waals surface area contributed by atoms with Crippen molar-refractivity contribution in [3.8, 4) is 0 Å². The lowest BCUT2D eigenvalue weighted by atomic mass is 9.96. The third-order valence-corrected chi connectivity index (χ3v) is 4.97. The Morgan fingerprint density at radius 3 is 2.74 bits per heavy atom. The first-order valence-electron chi connectivity index (χ1n) is 8.74. The van der Waals surface area contributed by atoms with Crippen molar-refractivity contribution >= 4 is 22.9 Å². The zero-order valence-electron chi connectivity index (χ0n) is 13.4. The van der Waals surface area contributed by atoms with Crippen molar-refractivity contribution in [1.29, 1.82) is 0 Å². The maximum absolute atomic E-state index is 6.12. The fourth-order valence-corrected chi connectivity index (χ4v) is 3.70. The van der Waals surface area contributed by atoms with E-state index in [1.54, 1.807) is 0 Å². The number of fused-ring (bicyclic) bond motifs is 1. The number of nitrogen functional groups attached to an aromatic ring is 1. The van der Waals surface area contributed by atoms with Gasteiger partial charge in [-0.3, -0.25) is 0 Å². The van der Waals surface area contributed by atoms with Gasteiger partial charge in [0.25, 0.3) is 0 Å². The van der Waals surface area contributed by atoms with E-state index < -0.39 is 0 Å². The zero-order chi connectivity index (χ0) is 15.6. The predicted octanol–water partition coefficient (Wildman–Crippen LogP) is 3.43. The van der Waals surface area contributed by atoms with Crippen LogP contribution in [0.1, 0.15) is 57.4 Å². The molecule has 0 bridgehead atoms. The molecule has 0 amide bonds. The first-order chi connectivity index (χ1) is 11.3. The van der Waals surface area contributed by atoms with Gasteiger partial charge in [0, 0.05) is 6.04 Å². The molecule has 23 heavy (non-hydrogen) atoms. The average Bonchev–Trinajstić information content (AvgIpc) is 3.01. The van der Waals surface area contributed by atoms with Crippen LogP contribution in [0, 0.1) is 0 Å². The molecule has 2 heterocycles. The second-order valence-electron chi connectivity index (χ2n) is 6.66. The minimum atomic E-state index is 0.325. The van der Waals surface area contributed by atoms with Crippen molar-refractivity contribution in [3.63, 3.8) is 0 Å². The van der Waals surface area contributed by atoms with Crippen LogP contribution in [0.5, 0.6) is 0 Å². The molecule has 1 atom stereocenters. The summed E-state index contributed by atoms with van der Waals surface area (Å²) >= 11 is 0. The van der Waals surface area contributed by atoms with E-state index in [0.717, 1.165) is 18.5 Å². The minimum Gasteiger partial charge on any atom is -0.382 e. The van der Waals surface area contributed by atoms with Gasteiger partial charge in [-0.1, -0.05) is 31.4 Å². The van der Waals surface area contributed by atoms with E-state index in [-0.39, 0.29) is 0 Å². The lowest BCUT2D eigenvalue weighted by molar-refractivity contribution is 0.461. The third-order valence-electron chi connectivity index (χ3n) is 4.97. The predicted molar refractivity (Wildman–Crippen MR) is 92.3 cm³/mol. The Balaban J connectivity index is 1.66. The van der Waals surface area contributed by atoms with Crippen LogP contribution in [0.25, 0.3) is 11.2 Å². The molecule has 1 unspecified atom stereocenters. The number of hydrogen-bond acceptors (Lipinski definition) is 5. The highest BCUT2D eigenvalue weighted by molar-refractivity contribution is 5.83. The van der Waals surface area contributed by atoms with Gasteiger partial charge in [-0.2, -0.15) is 9.97 Å². The van der Waals surface area contributed by atoms with Crippen LogP contribution in [0.3, 0.4) is 0 Å². The molecule has 1 saturated carbocycles. The summed E-state index contributed by atoms with van der Waals surface area (Å²) in [6.07, 6.45) is 16.1. The second-order valence-corrected chi connectivity index (χ2v) is 6.66. The van der Waals surface area contributed by atoms with Crippen LogP contribution >= 0.6 is 0 Å². The summed E-state index contributed by atoms with van der Waals surface area (Å²) < 4.78 is 2.13. The van der Waals surface area contributed by atoms with Crippen molar-refractivity contribution in [1.82, 2.24) is 19.5 Å². The number of nitrogens with two attached hydrogens (primary N) is 1. The Morgan fingerprint density at radius 2 is 1.96 bits per heavy atom. The Morgan fingerprint density at radius 1 is 1.09 bits per heavy atom. The van der Waals surface area contributed by atoms with E-state index in [2.05, 4.69) is 32.0 Å². The van der Waals surface area contributed by atoms with Crippen LogP contribution in [-0.2, 0) is 0 Å². The number of nitrogens with zero attached hydrogens (tertiary/aromatic N) is 4. The summed E-state index contributed by atoms with van der Waals surface area (Å²) in [7, 11) is 0. The summed E-state index contributed by atoms with van der Waals surface area (Å²) in [4.78, 5) is 13.6. The second kappa shape index (κ2) is 6.18. The van der Waals surface area contributed by atoms with Crippen LogP contribution in [0.2, 0.25) is 0 Å². The largest absolute Gasteiger partial charge is 0.382 e. The Kier molecular flexibility index (Phi) is 3.89. The molecule has 3 N–H and O–H groups in total. The number of allylic oxidation sites excluding steroid dienone is 2. The topological polar surface area (TPSA) is 81.7 Å². The molecule has 0 aromatic carbocycles. The third kappa shape index (κ3) is 2.90. The van der Waals surface area contributed by atoms with Gasteiger partial charge in [0.2, 0.25) is 5.95 Å². The fourth-order valence-electron chi connectivity index (χ4n) is 3.70. The van der Waals surface area contributed by atoms with E-state index in [1.165, 1.54) is 38.5 Å². The van der Waals surface area contributed by atoms with Crippen molar-refractivity contribution in [2.45, 2.75) is 63.5 Å². The smallest absolute Gasteiger partial charge is 0.226 e. The van der Waals surface area contributed by atoms with Crippen LogP contribution in [0.15, 0.2) is 18.5 Å². The van der Waals surface area contributed by atoms with Gasteiger partial charge in [0.1, 0.15) is 5.52 Å². The first kappa shape index (κ1) is 14.5. The maximum Gasteiger partial charge on any atom is 0.226 e. The summed E-state index contributed by atoms with van der Waals surface area (Å²) in [5, 5.41) is 3.47. The molecule has 122 valence electrons. The van der Waals surface area contributed by atoms with E-state index in [1.807, 2.05) is 6.33 Å². The van der Waals surface area contributed by atoms with E-state index >= 15 is 0 Å². The highest BCUT2D eigenvalue weighted by Gasteiger charge is 2.19. The minimum absolute atomic E-state index is 0.325. The van der Waals surface area contributed by atoms with Gasteiger partial charge < -0.3 is 15.6 Å². The number of hydrogen-bond donors (Lipinski definition) is 2. The molecule has 0 spiro atoms. The Labute approximate surface area is 136 Å². The standard InChI is InChI=1S/C17H24N6/c18-15-14-16(23(11-19-14)13-9-5-2-6-10-13)22-17(21-15)20-12-7-3-1-4-8-12/h5,9,11-13H,1-4,6-8,10H2,(H3,18,20,21,22). The molecular formula is C17H24N6. The summed E-state index contributed by atoms with van der Waals surface area (Å²) in [6.45, 7) is 0. The summed E-state index contributed by atoms with van der Waals surface area (Å²) in [6, 6.07) is 0.789. The fraction of sp³-hybridized carbons (Fsp3) is 0.588. The van der Waals surface area contributed by atoms with Crippen LogP contribution in [-0.4, -0.2) is 25.6 Å². The molecule has 6 heteroatoms. The molecule has 2 aliphatic carbocycles. The summed E-state index contributed by atoms with van der Waals surface area (Å²) in [5.74, 6) is 1.11. The molecule has 6 nitrogen and oxygen atoms in total. The van der Waals surface area contributed by atoms with Crippen LogP contribution in [0.4, 0.5) is 11.8 Å². The highest BCUT2D eigenvalue weighted by Crippen LogP contribution is 2.28. The number of rotatable bonds is 3. The zero-order valence-corrected chi connectivity index (χ0v) is 13.4. The Bertz CT molecular complexity index is 713. The lowest BCUT2D eigenvalue weighted by Gasteiger charge is -2.23. The van der Waals surface area contributed by atoms with Crippen LogP contribution < -0.4 is 11.1 Å². The summed E-state index contributed by atoms with van der Waals surface area (Å²) in [5.41, 5.74) is 7.67. The van der Waals surface area contributed by atoms with Gasteiger partial charge in [0.15, 0.2) is 11.5 Å². The average molecular weight is 312 g/mol. The molecule has 1 fully saturated rings. The highest BCUT2D eigenvalue weighted by atomic mass is 15.2. The molecule has 0 aliphatic heterocycles. The monoisotopic (exact) mass is 312 g/mol. The Hall–Kier alpha value is -2.11. The van der Waals surface area contributed by atoms with Crippen molar-refractivity contribution in [3.05, 3.63) is 18.5 Å². The van der Waals surface area contributed by atoms with Crippen molar-refractivity contribution in [2.24, 2.45) is 0 Å². The number of imidazole rings is 1. The SMILES string of the molecule is Nc1nc(NC2CCCCC2)nc2c1ncn2C1C=CCCC1. The molecular weight excluding hydrogens is 288 g/mol. The van der Waals surface area contributed by atoms with E-state index in [4.69, 9.17) is 10.7 Å². The van der Waals surface area contributed by atoms with Crippen molar-refractivity contribution in [2.75, 3.05) is 11.1 Å². The van der Waals surface area contributed by atoms with Crippen molar-refractivity contribution < 1.29 is 0 Å². The quantitative estimate of drug-likeness (QED) is 0.849. The number of aromatic nitrogens is 4. The molecule has 2 aliphatic rings. The number of nitrogens with one attached hydrogen (secondary N) is 1. The normalized spacial score (nSPS) is 22.5. The van der Waals surface area contributed by atoms with Gasteiger partial charge in [-0.25, -0.2) is 4.98 Å². The van der Waals surface area contributed by atoms with Gasteiger partial charge >= 0.3 is 0 Å². The van der Waals surface area contributed by atoms with E-state index in [9.17, 15) is 0 Å². The molecule has 4 rings (SSSR count). The lowest BCUT2D eigenvalue weighted by Crippen LogP contribution is -2.24. The van der Waals surface area contributed by atoms with E-state index in [0.29, 0.717) is 29.4 Å². The maximum atomic E-state index is 6.12. The molecule has 0 radical (unpaired) electrons. The van der Waals surface area contributed by atoms with Gasteiger partial charge in [-0.15, -0.1) is 0 Å².